The van der Waals surface area contributed by atoms with Crippen LogP contribution in [0.25, 0.3) is 0 Å². The van der Waals surface area contributed by atoms with Crippen molar-refractivity contribution >= 4 is 11.9 Å². The van der Waals surface area contributed by atoms with Crippen molar-refractivity contribution in [3.63, 3.8) is 0 Å². The summed E-state index contributed by atoms with van der Waals surface area (Å²) >= 11 is 0. The van der Waals surface area contributed by atoms with E-state index in [-0.39, 0.29) is 23.5 Å². The first kappa shape index (κ1) is 16.4. The third-order valence-electron chi connectivity index (χ3n) is 3.17. The van der Waals surface area contributed by atoms with Gasteiger partial charge in [0.05, 0.1) is 19.8 Å². The number of ether oxygens (including phenoxy) is 3. The molecule has 0 aromatic heterocycles. The van der Waals surface area contributed by atoms with E-state index in [1.807, 2.05) is 30.3 Å². The van der Waals surface area contributed by atoms with Gasteiger partial charge in [0.25, 0.3) is 0 Å². The maximum Gasteiger partial charge on any atom is 0.342 e. The summed E-state index contributed by atoms with van der Waals surface area (Å²) < 4.78 is 14.7. The highest BCUT2D eigenvalue weighted by Crippen LogP contribution is 2.34. The van der Waals surface area contributed by atoms with Crippen LogP contribution in [-0.2, 0) is 16.1 Å². The van der Waals surface area contributed by atoms with Crippen LogP contribution >= 0.6 is 0 Å². The Kier molecular flexibility index (Phi) is 5.19. The first-order valence-electron chi connectivity index (χ1n) is 6.77. The number of esters is 2. The van der Waals surface area contributed by atoms with Gasteiger partial charge in [0.2, 0.25) is 0 Å². The topological polar surface area (TPSA) is 82.1 Å². The number of hydrogen-bond donors (Lipinski definition) is 1. The molecule has 0 amide bonds. The van der Waals surface area contributed by atoms with Gasteiger partial charge in [-0.15, -0.1) is 0 Å². The number of phenols is 1. The molecule has 0 fully saturated rings. The van der Waals surface area contributed by atoms with Crippen molar-refractivity contribution in [1.82, 2.24) is 0 Å². The summed E-state index contributed by atoms with van der Waals surface area (Å²) in [7, 11) is 2.33. The van der Waals surface area contributed by atoms with E-state index in [0.717, 1.165) is 12.7 Å². The van der Waals surface area contributed by atoms with Crippen LogP contribution in [0.4, 0.5) is 0 Å². The number of hydrogen-bond acceptors (Lipinski definition) is 6. The Morgan fingerprint density at radius 3 is 2.22 bits per heavy atom. The molecule has 2 aromatic rings. The van der Waals surface area contributed by atoms with Crippen molar-refractivity contribution in [2.24, 2.45) is 0 Å². The molecule has 0 spiro atoms. The van der Waals surface area contributed by atoms with Crippen LogP contribution in [0.1, 0.15) is 26.3 Å². The zero-order valence-corrected chi connectivity index (χ0v) is 12.7. The van der Waals surface area contributed by atoms with Crippen molar-refractivity contribution in [3.8, 4) is 11.5 Å². The standard InChI is InChI=1S/C17H16O6/c1-21-16(19)12-8-9-13(15(18)14(12)17(20)22-2)23-10-11-6-4-3-5-7-11/h3-9,18H,10H2,1-2H3. The Labute approximate surface area is 133 Å². The van der Waals surface area contributed by atoms with Gasteiger partial charge < -0.3 is 19.3 Å². The van der Waals surface area contributed by atoms with Crippen LogP contribution in [0.2, 0.25) is 0 Å². The minimum absolute atomic E-state index is 0.0712. The number of aromatic hydroxyl groups is 1. The van der Waals surface area contributed by atoms with E-state index in [4.69, 9.17) is 4.74 Å². The van der Waals surface area contributed by atoms with Crippen LogP contribution in [0, 0.1) is 0 Å². The SMILES string of the molecule is COC(=O)c1ccc(OCc2ccccc2)c(O)c1C(=O)OC. The zero-order chi connectivity index (χ0) is 16.8. The largest absolute Gasteiger partial charge is 0.504 e. The number of rotatable bonds is 5. The predicted molar refractivity (Wildman–Crippen MR) is 81.6 cm³/mol. The van der Waals surface area contributed by atoms with Crippen LogP contribution < -0.4 is 4.74 Å². The number of benzene rings is 2. The fraction of sp³-hybridized carbons (Fsp3) is 0.176. The molecule has 0 radical (unpaired) electrons. The molecule has 120 valence electrons. The lowest BCUT2D eigenvalue weighted by molar-refractivity contribution is 0.0551. The first-order chi connectivity index (χ1) is 11.1. The summed E-state index contributed by atoms with van der Waals surface area (Å²) in [4.78, 5) is 23.6. The molecule has 2 rings (SSSR count). The fourth-order valence-corrected chi connectivity index (χ4v) is 2.01. The molecule has 0 atom stereocenters. The summed E-state index contributed by atoms with van der Waals surface area (Å²) in [6.07, 6.45) is 0. The first-order valence-corrected chi connectivity index (χ1v) is 6.77. The second-order valence-electron chi connectivity index (χ2n) is 4.59. The van der Waals surface area contributed by atoms with Gasteiger partial charge in [-0.05, 0) is 17.7 Å². The average Bonchev–Trinajstić information content (AvgIpc) is 2.60. The lowest BCUT2D eigenvalue weighted by atomic mass is 10.1. The molecule has 0 heterocycles. The molecule has 0 bridgehead atoms. The van der Waals surface area contributed by atoms with Crippen molar-refractivity contribution in [2.45, 2.75) is 6.61 Å². The van der Waals surface area contributed by atoms with Gasteiger partial charge in [0.1, 0.15) is 12.2 Å². The van der Waals surface area contributed by atoms with E-state index in [2.05, 4.69) is 9.47 Å². The third-order valence-corrected chi connectivity index (χ3v) is 3.17. The average molecular weight is 316 g/mol. The van der Waals surface area contributed by atoms with Crippen molar-refractivity contribution in [1.29, 1.82) is 0 Å². The molecule has 23 heavy (non-hydrogen) atoms. The van der Waals surface area contributed by atoms with Crippen LogP contribution in [0.5, 0.6) is 11.5 Å². The second kappa shape index (κ2) is 7.31. The van der Waals surface area contributed by atoms with Gasteiger partial charge in [-0.1, -0.05) is 30.3 Å². The Bertz CT molecular complexity index is 709. The van der Waals surface area contributed by atoms with E-state index < -0.39 is 17.7 Å². The van der Waals surface area contributed by atoms with E-state index in [0.29, 0.717) is 0 Å². The molecular weight excluding hydrogens is 300 g/mol. The van der Waals surface area contributed by atoms with Gasteiger partial charge >= 0.3 is 11.9 Å². The smallest absolute Gasteiger partial charge is 0.342 e. The van der Waals surface area contributed by atoms with E-state index >= 15 is 0 Å². The zero-order valence-electron chi connectivity index (χ0n) is 12.7. The molecule has 1 N–H and O–H groups in total. The maximum absolute atomic E-state index is 11.9. The molecule has 0 aliphatic rings. The van der Waals surface area contributed by atoms with Gasteiger partial charge in [0, 0.05) is 0 Å². The minimum atomic E-state index is -0.854. The molecule has 2 aromatic carbocycles. The highest BCUT2D eigenvalue weighted by atomic mass is 16.5. The molecule has 0 aliphatic carbocycles. The Morgan fingerprint density at radius 1 is 0.957 bits per heavy atom. The maximum atomic E-state index is 11.9. The van der Waals surface area contributed by atoms with Crippen LogP contribution in [0.15, 0.2) is 42.5 Å². The van der Waals surface area contributed by atoms with Gasteiger partial charge in [-0.2, -0.15) is 0 Å². The molecule has 0 unspecified atom stereocenters. The summed E-state index contributed by atoms with van der Waals surface area (Å²) in [5.41, 5.74) is 0.511. The Hall–Kier alpha value is -3.02. The lowest BCUT2D eigenvalue weighted by Gasteiger charge is -2.13. The van der Waals surface area contributed by atoms with Crippen LogP contribution in [-0.4, -0.2) is 31.3 Å². The molecule has 6 nitrogen and oxygen atoms in total. The van der Waals surface area contributed by atoms with Crippen molar-refractivity contribution in [2.75, 3.05) is 14.2 Å². The van der Waals surface area contributed by atoms with Gasteiger partial charge in [-0.25, -0.2) is 9.59 Å². The minimum Gasteiger partial charge on any atom is -0.504 e. The number of methoxy groups -OCH3 is 2. The highest BCUT2D eigenvalue weighted by molar-refractivity contribution is 6.05. The predicted octanol–water partition coefficient (Wildman–Crippen LogP) is 2.54. The lowest BCUT2D eigenvalue weighted by Crippen LogP contribution is -2.12. The van der Waals surface area contributed by atoms with Gasteiger partial charge in [-0.3, -0.25) is 0 Å². The highest BCUT2D eigenvalue weighted by Gasteiger charge is 2.25. The molecule has 6 heteroatoms. The van der Waals surface area contributed by atoms with Crippen LogP contribution in [0.3, 0.4) is 0 Å². The molecule has 0 aliphatic heterocycles. The Morgan fingerprint density at radius 2 is 1.61 bits per heavy atom. The summed E-state index contributed by atoms with van der Waals surface area (Å²) in [5.74, 6) is -2.00. The number of carbonyl (C=O) groups is 2. The van der Waals surface area contributed by atoms with Gasteiger partial charge in [0.15, 0.2) is 11.5 Å². The Balaban J connectivity index is 2.34. The van der Waals surface area contributed by atoms with E-state index in [1.165, 1.54) is 19.2 Å². The third kappa shape index (κ3) is 3.60. The quantitative estimate of drug-likeness (QED) is 0.854. The van der Waals surface area contributed by atoms with Crippen molar-refractivity contribution in [3.05, 3.63) is 59.2 Å². The number of phenolic OH excluding ortho intramolecular Hbond substituents is 1. The summed E-state index contributed by atoms with van der Waals surface area (Å²) in [6.45, 7) is 0.201. The summed E-state index contributed by atoms with van der Waals surface area (Å²) in [6, 6.07) is 12.1. The van der Waals surface area contributed by atoms with E-state index in [1.54, 1.807) is 0 Å². The number of carbonyl (C=O) groups excluding carboxylic acids is 2. The normalized spacial score (nSPS) is 10.0. The monoisotopic (exact) mass is 316 g/mol. The second-order valence-corrected chi connectivity index (χ2v) is 4.59. The molecular formula is C17H16O6. The molecule has 0 saturated heterocycles. The van der Waals surface area contributed by atoms with E-state index in [9.17, 15) is 14.7 Å². The summed E-state index contributed by atoms with van der Waals surface area (Å²) in [5, 5.41) is 10.3. The molecule has 0 saturated carbocycles. The van der Waals surface area contributed by atoms with Crippen molar-refractivity contribution < 1.29 is 28.9 Å². The fourth-order valence-electron chi connectivity index (χ4n) is 2.01.